The molecule has 2 fully saturated rings. The molecule has 0 atom stereocenters. The van der Waals surface area contributed by atoms with Crippen LogP contribution in [0.1, 0.15) is 51.4 Å². The third-order valence-electron chi connectivity index (χ3n) is 4.08. The lowest BCUT2D eigenvalue weighted by Crippen LogP contribution is -2.18. The molecular weight excluding hydrogens is 224 g/mol. The molecule has 0 saturated heterocycles. The first-order valence-corrected chi connectivity index (χ1v) is 7.25. The van der Waals surface area contributed by atoms with Gasteiger partial charge in [0.15, 0.2) is 0 Å². The van der Waals surface area contributed by atoms with Crippen molar-refractivity contribution in [3.63, 3.8) is 0 Å². The van der Waals surface area contributed by atoms with Crippen LogP contribution in [-0.4, -0.2) is 22.1 Å². The van der Waals surface area contributed by atoms with E-state index in [1.807, 2.05) is 0 Å². The van der Waals surface area contributed by atoms with E-state index in [2.05, 4.69) is 26.7 Å². The van der Waals surface area contributed by atoms with Crippen molar-refractivity contribution in [3.8, 4) is 0 Å². The van der Waals surface area contributed by atoms with Gasteiger partial charge in [0.25, 0.3) is 0 Å². The zero-order valence-corrected chi connectivity index (χ0v) is 10.9. The van der Waals surface area contributed by atoms with Crippen LogP contribution in [0.15, 0.2) is 12.4 Å². The Balaban J connectivity index is 1.60. The molecule has 0 bridgehead atoms. The van der Waals surface area contributed by atoms with Crippen LogP contribution >= 0.6 is 0 Å². The average Bonchev–Trinajstić information content (AvgIpc) is 3.03. The first-order chi connectivity index (χ1) is 8.90. The number of hydrogen-bond donors (Lipinski definition) is 2. The first kappa shape index (κ1) is 11.8. The van der Waals surface area contributed by atoms with Gasteiger partial charge in [-0.3, -0.25) is 0 Å². The summed E-state index contributed by atoms with van der Waals surface area (Å²) in [6, 6.07) is 3.27. The molecule has 1 heterocycles. The molecule has 0 unspecified atom stereocenters. The number of hydrogen-bond acceptors (Lipinski definition) is 4. The van der Waals surface area contributed by atoms with Crippen LogP contribution in [0.5, 0.6) is 0 Å². The zero-order valence-electron chi connectivity index (χ0n) is 10.9. The molecule has 98 valence electrons. The number of rotatable bonds is 4. The van der Waals surface area contributed by atoms with Gasteiger partial charge in [-0.25, -0.2) is 9.97 Å². The Kier molecular flexibility index (Phi) is 3.62. The van der Waals surface area contributed by atoms with Gasteiger partial charge in [-0.05, 0) is 25.7 Å². The minimum absolute atomic E-state index is 0.610. The Morgan fingerprint density at radius 2 is 1.22 bits per heavy atom. The van der Waals surface area contributed by atoms with Crippen LogP contribution < -0.4 is 10.6 Å². The van der Waals surface area contributed by atoms with Crippen LogP contribution in [0, 0.1) is 0 Å². The number of aromatic nitrogens is 2. The quantitative estimate of drug-likeness (QED) is 0.856. The van der Waals surface area contributed by atoms with E-state index >= 15 is 0 Å². The molecule has 1 aromatic heterocycles. The highest BCUT2D eigenvalue weighted by atomic mass is 15.1. The lowest BCUT2D eigenvalue weighted by atomic mass is 10.2. The minimum atomic E-state index is 0.610. The molecule has 0 aliphatic heterocycles. The molecule has 3 rings (SSSR count). The van der Waals surface area contributed by atoms with Crippen molar-refractivity contribution in [1.29, 1.82) is 0 Å². The molecule has 18 heavy (non-hydrogen) atoms. The van der Waals surface area contributed by atoms with Gasteiger partial charge in [-0.15, -0.1) is 0 Å². The summed E-state index contributed by atoms with van der Waals surface area (Å²) < 4.78 is 0. The second-order valence-corrected chi connectivity index (χ2v) is 5.54. The monoisotopic (exact) mass is 246 g/mol. The number of nitrogens with one attached hydrogen (secondary N) is 2. The fraction of sp³-hybridized carbons (Fsp3) is 0.714. The second-order valence-electron chi connectivity index (χ2n) is 5.54. The Labute approximate surface area is 109 Å². The van der Waals surface area contributed by atoms with Crippen LogP contribution in [-0.2, 0) is 0 Å². The molecule has 2 aliphatic rings. The van der Waals surface area contributed by atoms with Crippen LogP contribution in [0.2, 0.25) is 0 Å². The Morgan fingerprint density at radius 1 is 0.778 bits per heavy atom. The third-order valence-corrected chi connectivity index (χ3v) is 4.08. The molecule has 2 saturated carbocycles. The van der Waals surface area contributed by atoms with Gasteiger partial charge in [-0.2, -0.15) is 0 Å². The SMILES string of the molecule is c1nc(NC2CCCC2)cc(NC2CCCC2)n1. The first-order valence-electron chi connectivity index (χ1n) is 7.25. The molecule has 0 radical (unpaired) electrons. The van der Waals surface area contributed by atoms with Gasteiger partial charge >= 0.3 is 0 Å². The van der Waals surface area contributed by atoms with E-state index in [4.69, 9.17) is 0 Å². The highest BCUT2D eigenvalue weighted by molar-refractivity contribution is 5.47. The lowest BCUT2D eigenvalue weighted by Gasteiger charge is -2.15. The molecule has 0 amide bonds. The fourth-order valence-corrected chi connectivity index (χ4v) is 3.07. The number of anilines is 2. The van der Waals surface area contributed by atoms with Crippen LogP contribution in [0.3, 0.4) is 0 Å². The molecule has 0 aromatic carbocycles. The second kappa shape index (κ2) is 5.55. The molecule has 2 aliphatic carbocycles. The Hall–Kier alpha value is -1.32. The predicted molar refractivity (Wildman–Crippen MR) is 73.8 cm³/mol. The number of nitrogens with zero attached hydrogens (tertiary/aromatic N) is 2. The average molecular weight is 246 g/mol. The summed E-state index contributed by atoms with van der Waals surface area (Å²) in [7, 11) is 0. The molecule has 2 N–H and O–H groups in total. The molecule has 1 aromatic rings. The van der Waals surface area contributed by atoms with Gasteiger partial charge in [0.05, 0.1) is 0 Å². The minimum Gasteiger partial charge on any atom is -0.367 e. The summed E-state index contributed by atoms with van der Waals surface area (Å²) in [5, 5.41) is 7.03. The standard InChI is InChI=1S/C14H22N4/c1-2-6-11(5-1)17-13-9-14(16-10-15-13)18-12-7-3-4-8-12/h9-12H,1-8H2,(H2,15,16,17,18). The largest absolute Gasteiger partial charge is 0.367 e. The van der Waals surface area contributed by atoms with Gasteiger partial charge in [-0.1, -0.05) is 25.7 Å². The fourth-order valence-electron chi connectivity index (χ4n) is 3.07. The van der Waals surface area contributed by atoms with Gasteiger partial charge < -0.3 is 10.6 Å². The van der Waals surface area contributed by atoms with Crippen molar-refractivity contribution in [3.05, 3.63) is 12.4 Å². The summed E-state index contributed by atoms with van der Waals surface area (Å²) in [4.78, 5) is 8.63. The van der Waals surface area contributed by atoms with Crippen molar-refractivity contribution in [2.75, 3.05) is 10.6 Å². The van der Waals surface area contributed by atoms with E-state index in [1.54, 1.807) is 6.33 Å². The Bertz CT molecular complexity index is 348. The summed E-state index contributed by atoms with van der Waals surface area (Å²) in [5.74, 6) is 1.94. The molecule has 4 heteroatoms. The zero-order chi connectivity index (χ0) is 12.2. The normalized spacial score (nSPS) is 21.3. The molecule has 0 spiro atoms. The van der Waals surface area contributed by atoms with Crippen molar-refractivity contribution in [1.82, 2.24) is 9.97 Å². The lowest BCUT2D eigenvalue weighted by molar-refractivity contribution is 0.743. The maximum atomic E-state index is 4.32. The van der Waals surface area contributed by atoms with Crippen molar-refractivity contribution in [2.24, 2.45) is 0 Å². The maximum absolute atomic E-state index is 4.32. The van der Waals surface area contributed by atoms with Gasteiger partial charge in [0.1, 0.15) is 18.0 Å². The van der Waals surface area contributed by atoms with Crippen LogP contribution in [0.25, 0.3) is 0 Å². The van der Waals surface area contributed by atoms with E-state index < -0.39 is 0 Å². The smallest absolute Gasteiger partial charge is 0.131 e. The van der Waals surface area contributed by atoms with Crippen molar-refractivity contribution < 1.29 is 0 Å². The maximum Gasteiger partial charge on any atom is 0.131 e. The van der Waals surface area contributed by atoms with E-state index in [9.17, 15) is 0 Å². The van der Waals surface area contributed by atoms with E-state index in [0.717, 1.165) is 11.6 Å². The third kappa shape index (κ3) is 2.92. The van der Waals surface area contributed by atoms with E-state index in [0.29, 0.717) is 12.1 Å². The summed E-state index contributed by atoms with van der Waals surface area (Å²) >= 11 is 0. The highest BCUT2D eigenvalue weighted by Crippen LogP contribution is 2.24. The molecule has 4 nitrogen and oxygen atoms in total. The Morgan fingerprint density at radius 3 is 1.67 bits per heavy atom. The summed E-state index contributed by atoms with van der Waals surface area (Å²) in [5.41, 5.74) is 0. The predicted octanol–water partition coefficient (Wildman–Crippen LogP) is 3.19. The van der Waals surface area contributed by atoms with Gasteiger partial charge in [0, 0.05) is 18.2 Å². The molecular formula is C14H22N4. The summed E-state index contributed by atoms with van der Waals surface area (Å²) in [6.07, 6.45) is 12.1. The van der Waals surface area contributed by atoms with Crippen molar-refractivity contribution >= 4 is 11.6 Å². The topological polar surface area (TPSA) is 49.8 Å². The van der Waals surface area contributed by atoms with Gasteiger partial charge in [0.2, 0.25) is 0 Å². The highest BCUT2D eigenvalue weighted by Gasteiger charge is 2.17. The van der Waals surface area contributed by atoms with Crippen molar-refractivity contribution in [2.45, 2.75) is 63.5 Å². The van der Waals surface area contributed by atoms with E-state index in [-0.39, 0.29) is 0 Å². The van der Waals surface area contributed by atoms with E-state index in [1.165, 1.54) is 51.4 Å². The van der Waals surface area contributed by atoms with Crippen LogP contribution in [0.4, 0.5) is 11.6 Å². The summed E-state index contributed by atoms with van der Waals surface area (Å²) in [6.45, 7) is 0.